The predicted octanol–water partition coefficient (Wildman–Crippen LogP) is 6.09. The van der Waals surface area contributed by atoms with Gasteiger partial charge in [-0.15, -0.1) is 0 Å². The second-order valence-electron chi connectivity index (χ2n) is 10.1. The second kappa shape index (κ2) is 12.9. The quantitative estimate of drug-likeness (QED) is 0.276. The number of carbonyl (C=O) groups is 2. The first-order chi connectivity index (χ1) is 17.9. The Morgan fingerprint density at radius 3 is 2.24 bits per heavy atom. The minimum Gasteiger partial charge on any atom is -0.505 e. The van der Waals surface area contributed by atoms with Crippen LogP contribution < -0.4 is 4.90 Å². The zero-order chi connectivity index (χ0) is 26.2. The number of hydrogen-bond acceptors (Lipinski definition) is 5. The van der Waals surface area contributed by atoms with Crippen molar-refractivity contribution in [3.05, 3.63) is 53.8 Å². The first-order valence-corrected chi connectivity index (χ1v) is 13.5. The Balaban J connectivity index is 0.977. The number of anilines is 2. The van der Waals surface area contributed by atoms with Crippen LogP contribution in [0.2, 0.25) is 0 Å². The van der Waals surface area contributed by atoms with Crippen molar-refractivity contribution in [2.24, 2.45) is 0 Å². The van der Waals surface area contributed by atoms with E-state index in [1.165, 1.54) is 37.8 Å². The van der Waals surface area contributed by atoms with Crippen LogP contribution in [0.25, 0.3) is 0 Å². The molecule has 2 aromatic rings. The number of amides is 2. The van der Waals surface area contributed by atoms with E-state index in [-0.39, 0.29) is 23.7 Å². The van der Waals surface area contributed by atoms with E-state index in [0.29, 0.717) is 6.54 Å². The van der Waals surface area contributed by atoms with Crippen molar-refractivity contribution in [2.45, 2.75) is 63.9 Å². The Labute approximate surface area is 218 Å². The number of fused-ring (bicyclic) bond motifs is 1. The molecule has 2 heterocycles. The van der Waals surface area contributed by atoms with Gasteiger partial charge in [0.15, 0.2) is 11.6 Å². The summed E-state index contributed by atoms with van der Waals surface area (Å²) >= 11 is 0. The van der Waals surface area contributed by atoms with Gasteiger partial charge in [-0.2, -0.15) is 0 Å². The number of ether oxygens (including phenoxy) is 1. The fourth-order valence-electron chi connectivity index (χ4n) is 4.98. The van der Waals surface area contributed by atoms with E-state index in [1.807, 2.05) is 24.3 Å². The zero-order valence-corrected chi connectivity index (χ0v) is 21.7. The summed E-state index contributed by atoms with van der Waals surface area (Å²) in [6.45, 7) is 3.70. The average Bonchev–Trinajstić information content (AvgIpc) is 3.64. The third-order valence-corrected chi connectivity index (χ3v) is 7.31. The molecule has 0 unspecified atom stereocenters. The van der Waals surface area contributed by atoms with E-state index in [0.717, 1.165) is 69.2 Å². The number of aromatic hydroxyl groups is 1. The number of piperidine rings is 1. The molecule has 0 atom stereocenters. The largest absolute Gasteiger partial charge is 0.505 e. The van der Waals surface area contributed by atoms with Crippen molar-refractivity contribution in [1.29, 1.82) is 0 Å². The van der Waals surface area contributed by atoms with E-state index in [2.05, 4.69) is 4.90 Å². The third kappa shape index (κ3) is 7.44. The highest BCUT2D eigenvalue weighted by Gasteiger charge is 2.37. The van der Waals surface area contributed by atoms with Crippen LogP contribution in [0.4, 0.5) is 20.6 Å². The van der Waals surface area contributed by atoms with Crippen LogP contribution in [0.1, 0.15) is 68.1 Å². The smallest absolute Gasteiger partial charge is 0.419 e. The van der Waals surface area contributed by atoms with Gasteiger partial charge in [-0.25, -0.2) is 14.1 Å². The standard InChI is InChI=1S/C29H38FN3O4/c1-31(28(35)22-13-14-27(34)24(30)21-22)17-9-5-3-2-4-6-10-18-32-19-15-23(16-20-32)37-29(36)33-25-11-7-8-12-26(25)33/h7-8,11-14,21,23,34H,2-6,9-10,15-20H2,1H3. The summed E-state index contributed by atoms with van der Waals surface area (Å²) in [5, 5.41) is 9.27. The fraction of sp³-hybridized carbons (Fsp3) is 0.517. The Morgan fingerprint density at radius 1 is 0.973 bits per heavy atom. The molecule has 0 aromatic heterocycles. The molecule has 0 spiro atoms. The average molecular weight is 512 g/mol. The maximum atomic E-state index is 13.5. The number of phenolic OH excluding ortho intramolecular Hbond substituents is 1. The fourth-order valence-corrected chi connectivity index (χ4v) is 4.98. The van der Waals surface area contributed by atoms with Crippen molar-refractivity contribution in [3.63, 3.8) is 0 Å². The normalized spacial score (nSPS) is 15.4. The SMILES string of the molecule is CN(CCCCCCCCCN1CCC(OC(=O)N2c3ccccc32)CC1)C(=O)c1ccc(O)c(F)c1. The van der Waals surface area contributed by atoms with Crippen LogP contribution in [-0.2, 0) is 4.74 Å². The van der Waals surface area contributed by atoms with Gasteiger partial charge in [-0.1, -0.05) is 44.2 Å². The van der Waals surface area contributed by atoms with Crippen molar-refractivity contribution < 1.29 is 23.8 Å². The van der Waals surface area contributed by atoms with Crippen molar-refractivity contribution in [3.8, 4) is 5.75 Å². The van der Waals surface area contributed by atoms with Gasteiger partial charge in [-0.3, -0.25) is 4.79 Å². The van der Waals surface area contributed by atoms with Gasteiger partial charge in [0, 0.05) is 32.2 Å². The number of likely N-dealkylation sites (tertiary alicyclic amines) is 1. The summed E-state index contributed by atoms with van der Waals surface area (Å²) in [5.74, 6) is -1.45. The number of benzene rings is 2. The van der Waals surface area contributed by atoms with Gasteiger partial charge in [0.2, 0.25) is 0 Å². The highest BCUT2D eigenvalue weighted by molar-refractivity contribution is 6.13. The Kier molecular flexibility index (Phi) is 9.39. The molecule has 1 fully saturated rings. The van der Waals surface area contributed by atoms with Crippen molar-refractivity contribution in [2.75, 3.05) is 38.1 Å². The van der Waals surface area contributed by atoms with Crippen molar-refractivity contribution in [1.82, 2.24) is 9.80 Å². The number of rotatable bonds is 12. The Hall–Kier alpha value is -3.13. The Bertz CT molecular complexity index is 1050. The minimum absolute atomic E-state index is 0.0113. The summed E-state index contributed by atoms with van der Waals surface area (Å²) < 4.78 is 19.2. The van der Waals surface area contributed by atoms with Crippen LogP contribution in [0.5, 0.6) is 5.75 Å². The summed E-state index contributed by atoms with van der Waals surface area (Å²) in [4.78, 5) is 30.4. The summed E-state index contributed by atoms with van der Waals surface area (Å²) in [6, 6.07) is 11.5. The molecule has 2 amide bonds. The summed E-state index contributed by atoms with van der Waals surface area (Å²) in [5.41, 5.74) is 2.16. The first kappa shape index (κ1) is 26.9. The number of hydrogen-bond donors (Lipinski definition) is 1. The summed E-state index contributed by atoms with van der Waals surface area (Å²) in [6.07, 6.45) is 9.51. The molecule has 37 heavy (non-hydrogen) atoms. The maximum Gasteiger partial charge on any atom is 0.419 e. The molecule has 7 nitrogen and oxygen atoms in total. The lowest BCUT2D eigenvalue weighted by molar-refractivity contribution is 0.0566. The predicted molar refractivity (Wildman–Crippen MR) is 142 cm³/mol. The molecule has 2 aliphatic rings. The zero-order valence-electron chi connectivity index (χ0n) is 21.7. The number of halogens is 1. The lowest BCUT2D eigenvalue weighted by Gasteiger charge is -2.31. The van der Waals surface area contributed by atoms with Crippen LogP contribution in [0.3, 0.4) is 0 Å². The molecule has 0 aliphatic carbocycles. The van der Waals surface area contributed by atoms with Crippen LogP contribution in [0.15, 0.2) is 42.5 Å². The molecule has 2 aromatic carbocycles. The van der Waals surface area contributed by atoms with E-state index < -0.39 is 11.6 Å². The molecular weight excluding hydrogens is 473 g/mol. The van der Waals surface area contributed by atoms with Gasteiger partial charge in [-0.05, 0) is 62.6 Å². The van der Waals surface area contributed by atoms with Gasteiger partial charge < -0.3 is 19.6 Å². The molecule has 0 saturated carbocycles. The number of nitrogens with zero attached hydrogens (tertiary/aromatic N) is 3. The first-order valence-electron chi connectivity index (χ1n) is 13.5. The summed E-state index contributed by atoms with van der Waals surface area (Å²) in [7, 11) is 1.73. The maximum absolute atomic E-state index is 13.5. The van der Waals surface area contributed by atoms with E-state index in [1.54, 1.807) is 16.8 Å². The van der Waals surface area contributed by atoms with Crippen LogP contribution in [0, 0.1) is 5.82 Å². The molecule has 4 rings (SSSR count). The molecule has 0 radical (unpaired) electrons. The number of para-hydroxylation sites is 2. The highest BCUT2D eigenvalue weighted by Crippen LogP contribution is 2.47. The highest BCUT2D eigenvalue weighted by atomic mass is 19.1. The Morgan fingerprint density at radius 2 is 1.59 bits per heavy atom. The lowest BCUT2D eigenvalue weighted by atomic mass is 10.1. The van der Waals surface area contributed by atoms with E-state index >= 15 is 0 Å². The van der Waals surface area contributed by atoms with Gasteiger partial charge >= 0.3 is 6.09 Å². The molecule has 0 bridgehead atoms. The molecule has 1 N–H and O–H groups in total. The molecule has 2 aliphatic heterocycles. The van der Waals surface area contributed by atoms with Gasteiger partial charge in [0.1, 0.15) is 6.10 Å². The molecular formula is C29H38FN3O4. The second-order valence-corrected chi connectivity index (χ2v) is 10.1. The monoisotopic (exact) mass is 511 g/mol. The number of carbonyl (C=O) groups excluding carboxylic acids is 2. The van der Waals surface area contributed by atoms with E-state index in [9.17, 15) is 19.1 Å². The topological polar surface area (TPSA) is 73.1 Å². The van der Waals surface area contributed by atoms with Crippen LogP contribution in [-0.4, -0.2) is 66.2 Å². The molecule has 8 heteroatoms. The lowest BCUT2D eigenvalue weighted by Crippen LogP contribution is -2.39. The van der Waals surface area contributed by atoms with E-state index in [4.69, 9.17) is 4.74 Å². The van der Waals surface area contributed by atoms with Gasteiger partial charge in [0.25, 0.3) is 5.91 Å². The third-order valence-electron chi connectivity index (χ3n) is 7.31. The minimum atomic E-state index is -0.775. The molecule has 1 saturated heterocycles. The van der Waals surface area contributed by atoms with Gasteiger partial charge in [0.05, 0.1) is 11.4 Å². The number of phenols is 1. The number of unbranched alkanes of at least 4 members (excludes halogenated alkanes) is 6. The van der Waals surface area contributed by atoms with Crippen LogP contribution >= 0.6 is 0 Å². The van der Waals surface area contributed by atoms with Crippen molar-refractivity contribution >= 4 is 23.4 Å². The molecule has 200 valence electrons.